The van der Waals surface area contributed by atoms with Crippen LogP contribution < -0.4 is 5.73 Å². The lowest BCUT2D eigenvalue weighted by Gasteiger charge is -2.35. The molecular weight excluding hydrogens is 899 g/mol. The SMILES string of the molecule is CC(C)(C)OC(=O)N(CCN)CCCCC(=O)N(CCCCCCSC(c1ccccc1)(c1ccccc1)c1ccccc1)CCCCCCSC(c1ccccc1)(c1ccccc1)c1ccccc1. The van der Waals surface area contributed by atoms with Crippen molar-refractivity contribution in [2.24, 2.45) is 5.73 Å². The van der Waals surface area contributed by atoms with E-state index in [0.717, 1.165) is 82.4 Å². The highest BCUT2D eigenvalue weighted by Gasteiger charge is 2.38. The number of hydrogen-bond acceptors (Lipinski definition) is 6. The number of ether oxygens (including phenoxy) is 1. The van der Waals surface area contributed by atoms with Crippen LogP contribution in [-0.4, -0.2) is 71.6 Å². The molecule has 0 atom stereocenters. The van der Waals surface area contributed by atoms with E-state index in [1.165, 1.54) is 33.4 Å². The molecule has 6 rings (SSSR count). The second-order valence-corrected chi connectivity index (χ2v) is 21.8. The minimum Gasteiger partial charge on any atom is -0.444 e. The first-order valence-electron chi connectivity index (χ1n) is 25.7. The summed E-state index contributed by atoms with van der Waals surface area (Å²) in [6.07, 6.45) is 10.1. The van der Waals surface area contributed by atoms with E-state index in [4.69, 9.17) is 10.5 Å². The maximum absolute atomic E-state index is 14.0. The number of unbranched alkanes of at least 4 members (excludes halogenated alkanes) is 7. The van der Waals surface area contributed by atoms with Gasteiger partial charge in [-0.15, -0.1) is 23.5 Å². The summed E-state index contributed by atoms with van der Waals surface area (Å²) < 4.78 is 5.01. The second kappa shape index (κ2) is 28.5. The largest absolute Gasteiger partial charge is 0.444 e. The number of rotatable bonds is 29. The zero-order valence-corrected chi connectivity index (χ0v) is 43.7. The summed E-state index contributed by atoms with van der Waals surface area (Å²) in [5, 5.41) is 0. The van der Waals surface area contributed by atoms with Gasteiger partial charge in [0.25, 0.3) is 0 Å². The Morgan fingerprint density at radius 1 is 0.414 bits per heavy atom. The molecule has 2 amide bonds. The fraction of sp³-hybridized carbons (Fsp3) is 0.387. The van der Waals surface area contributed by atoms with Gasteiger partial charge in [0.05, 0.1) is 9.49 Å². The third kappa shape index (κ3) is 15.6. The van der Waals surface area contributed by atoms with Gasteiger partial charge in [0, 0.05) is 39.1 Å². The van der Waals surface area contributed by atoms with Gasteiger partial charge in [-0.3, -0.25) is 4.79 Å². The molecule has 0 aromatic heterocycles. The Bertz CT molecular complexity index is 2030. The maximum atomic E-state index is 14.0. The normalized spacial score (nSPS) is 11.8. The molecule has 0 saturated heterocycles. The van der Waals surface area contributed by atoms with Crippen LogP contribution in [0.15, 0.2) is 182 Å². The number of thioether (sulfide) groups is 2. The highest BCUT2D eigenvalue weighted by Crippen LogP contribution is 2.50. The molecule has 8 heteroatoms. The molecule has 0 saturated carbocycles. The Labute approximate surface area is 429 Å². The van der Waals surface area contributed by atoms with Crippen molar-refractivity contribution in [1.82, 2.24) is 9.80 Å². The van der Waals surface area contributed by atoms with Gasteiger partial charge in [0.2, 0.25) is 5.91 Å². The molecule has 6 nitrogen and oxygen atoms in total. The van der Waals surface area contributed by atoms with Crippen molar-refractivity contribution >= 4 is 35.5 Å². The van der Waals surface area contributed by atoms with E-state index in [9.17, 15) is 9.59 Å². The fourth-order valence-corrected chi connectivity index (χ4v) is 12.5. The van der Waals surface area contributed by atoms with Crippen molar-refractivity contribution in [1.29, 1.82) is 0 Å². The highest BCUT2D eigenvalue weighted by molar-refractivity contribution is 8.00. The first kappa shape index (κ1) is 54.1. The van der Waals surface area contributed by atoms with Gasteiger partial charge in [-0.2, -0.15) is 0 Å². The minimum atomic E-state index is -0.577. The van der Waals surface area contributed by atoms with Gasteiger partial charge in [0.1, 0.15) is 5.60 Å². The summed E-state index contributed by atoms with van der Waals surface area (Å²) in [5.74, 6) is 2.26. The monoisotopic (exact) mass is 976 g/mol. The molecule has 0 fully saturated rings. The van der Waals surface area contributed by atoms with Gasteiger partial charge in [-0.1, -0.05) is 208 Å². The van der Waals surface area contributed by atoms with E-state index in [0.29, 0.717) is 32.5 Å². The van der Waals surface area contributed by atoms with E-state index >= 15 is 0 Å². The van der Waals surface area contributed by atoms with Crippen molar-refractivity contribution in [3.05, 3.63) is 215 Å². The van der Waals surface area contributed by atoms with Gasteiger partial charge < -0.3 is 20.3 Å². The smallest absolute Gasteiger partial charge is 0.410 e. The second-order valence-electron chi connectivity index (χ2n) is 19.2. The van der Waals surface area contributed by atoms with Gasteiger partial charge in [0.15, 0.2) is 0 Å². The van der Waals surface area contributed by atoms with Crippen molar-refractivity contribution in [2.45, 2.75) is 106 Å². The summed E-state index contributed by atoms with van der Waals surface area (Å²) in [6, 6.07) is 65.6. The molecule has 0 aliphatic heterocycles. The van der Waals surface area contributed by atoms with Crippen LogP contribution in [0.1, 0.15) is 125 Å². The van der Waals surface area contributed by atoms with Crippen LogP contribution in [0.25, 0.3) is 0 Å². The number of hydrogen-bond donors (Lipinski definition) is 1. The molecule has 0 radical (unpaired) electrons. The minimum absolute atomic E-state index is 0.213. The summed E-state index contributed by atoms with van der Waals surface area (Å²) in [7, 11) is 0. The van der Waals surface area contributed by atoms with Crippen LogP contribution >= 0.6 is 23.5 Å². The van der Waals surface area contributed by atoms with E-state index in [-0.39, 0.29) is 21.5 Å². The molecule has 0 bridgehead atoms. The quantitative estimate of drug-likeness (QED) is 0.0373. The Morgan fingerprint density at radius 3 is 1.03 bits per heavy atom. The maximum Gasteiger partial charge on any atom is 0.410 e. The Morgan fingerprint density at radius 2 is 0.714 bits per heavy atom. The van der Waals surface area contributed by atoms with Crippen LogP contribution in [0.2, 0.25) is 0 Å². The molecule has 0 spiro atoms. The molecule has 2 N–H and O–H groups in total. The lowest BCUT2D eigenvalue weighted by molar-refractivity contribution is -0.131. The zero-order valence-electron chi connectivity index (χ0n) is 42.1. The molecule has 0 aliphatic rings. The third-order valence-corrected chi connectivity index (χ3v) is 16.1. The summed E-state index contributed by atoms with van der Waals surface area (Å²) in [4.78, 5) is 30.7. The molecule has 6 aromatic carbocycles. The van der Waals surface area contributed by atoms with Crippen LogP contribution in [0.5, 0.6) is 0 Å². The van der Waals surface area contributed by atoms with Crippen LogP contribution in [0, 0.1) is 0 Å². The topological polar surface area (TPSA) is 75.9 Å². The Kier molecular flexibility index (Phi) is 22.0. The number of nitrogens with two attached hydrogens (primary N) is 1. The van der Waals surface area contributed by atoms with E-state index in [2.05, 4.69) is 187 Å². The van der Waals surface area contributed by atoms with Crippen LogP contribution in [0.3, 0.4) is 0 Å². The summed E-state index contributed by atoms with van der Waals surface area (Å²) in [6.45, 7) is 8.49. The molecule has 70 heavy (non-hydrogen) atoms. The van der Waals surface area contributed by atoms with Crippen molar-refractivity contribution in [3.63, 3.8) is 0 Å². The number of benzene rings is 6. The number of carbonyl (C=O) groups is 2. The molecule has 370 valence electrons. The van der Waals surface area contributed by atoms with E-state index < -0.39 is 5.60 Å². The zero-order chi connectivity index (χ0) is 49.3. The van der Waals surface area contributed by atoms with Gasteiger partial charge in [-0.25, -0.2) is 4.79 Å². The molecule has 0 unspecified atom stereocenters. The first-order valence-corrected chi connectivity index (χ1v) is 27.7. The number of amides is 2. The lowest BCUT2D eigenvalue weighted by Crippen LogP contribution is -2.40. The molecular formula is C62H77N3O3S2. The summed E-state index contributed by atoms with van der Waals surface area (Å²) in [5.41, 5.74) is 13.0. The number of carbonyl (C=O) groups excluding carboxylic acids is 2. The molecule has 0 heterocycles. The van der Waals surface area contributed by atoms with E-state index in [1.807, 2.05) is 44.3 Å². The third-order valence-electron chi connectivity index (χ3n) is 12.8. The predicted octanol–water partition coefficient (Wildman–Crippen LogP) is 14.8. The highest BCUT2D eigenvalue weighted by atomic mass is 32.2. The van der Waals surface area contributed by atoms with E-state index in [1.54, 1.807) is 4.90 Å². The standard InChI is InChI=1S/C62H77N3O3S2/c1-60(2,3)68-59(67)65(49-45-63)48-29-26-44-58(66)64(46-27-4-6-30-50-69-61(52-32-14-8-15-33-52,53-34-16-9-17-35-53)54-36-18-10-19-37-54)47-28-5-7-31-51-70-62(55-38-20-11-21-39-55,56-40-22-12-23-41-56)57-42-24-13-25-43-57/h8-25,32-43H,4-7,26-31,44-51,63H2,1-3H3. The molecule has 6 aromatic rings. The lowest BCUT2D eigenvalue weighted by atomic mass is 9.84. The van der Waals surface area contributed by atoms with Gasteiger partial charge >= 0.3 is 6.09 Å². The van der Waals surface area contributed by atoms with Crippen LogP contribution in [0.4, 0.5) is 4.79 Å². The Hall–Kier alpha value is -5.28. The van der Waals surface area contributed by atoms with Crippen LogP contribution in [-0.2, 0) is 19.0 Å². The predicted molar refractivity (Wildman–Crippen MR) is 298 cm³/mol. The first-order chi connectivity index (χ1) is 34.2. The van der Waals surface area contributed by atoms with Crippen molar-refractivity contribution < 1.29 is 14.3 Å². The van der Waals surface area contributed by atoms with Crippen molar-refractivity contribution in [2.75, 3.05) is 44.2 Å². The Balaban J connectivity index is 1.04. The average Bonchev–Trinajstić information content (AvgIpc) is 3.39. The fourth-order valence-electron chi connectivity index (χ4n) is 9.38. The average molecular weight is 976 g/mol. The summed E-state index contributed by atoms with van der Waals surface area (Å²) >= 11 is 4.06. The van der Waals surface area contributed by atoms with Gasteiger partial charge in [-0.05, 0) is 104 Å². The molecule has 0 aliphatic carbocycles. The number of nitrogens with zero attached hydrogens (tertiary/aromatic N) is 2. The van der Waals surface area contributed by atoms with Crippen molar-refractivity contribution in [3.8, 4) is 0 Å².